The third-order valence-electron chi connectivity index (χ3n) is 7.09. The second kappa shape index (κ2) is 12.4. The van der Waals surface area contributed by atoms with Crippen molar-refractivity contribution in [3.63, 3.8) is 0 Å². The van der Waals surface area contributed by atoms with Crippen molar-refractivity contribution in [3.8, 4) is 17.2 Å². The van der Waals surface area contributed by atoms with Crippen molar-refractivity contribution in [2.24, 2.45) is 0 Å². The van der Waals surface area contributed by atoms with Gasteiger partial charge in [-0.15, -0.1) is 23.5 Å². The molecule has 3 heterocycles. The van der Waals surface area contributed by atoms with E-state index in [1.165, 1.54) is 42.6 Å². The SMILES string of the molecule is COc1ccc(SCC(=O)NC2C(=O)N3C(C(=O)O)=C(/C=C4\CCN(Cc5cccc(O)c5)C4=O)CSC23)cc1OC. The number of carbonyl (C=O) groups is 4. The fourth-order valence-electron chi connectivity index (χ4n) is 5.06. The lowest BCUT2D eigenvalue weighted by Crippen LogP contribution is -2.70. The number of amides is 3. The fraction of sp³-hybridized carbons (Fsp3) is 0.310. The monoisotopic (exact) mass is 611 g/mol. The summed E-state index contributed by atoms with van der Waals surface area (Å²) in [6.07, 6.45) is 2.02. The standard InChI is InChI=1S/C29H29N3O8S2/c1-39-21-7-6-20(12-22(21)40-2)41-15-23(34)30-24-27(36)32-25(29(37)38)18(14-42-28(24)32)11-17-8-9-31(26(17)35)13-16-4-3-5-19(33)10-16/h3-7,10-12,24,28,33H,8-9,13-15H2,1-2H3,(H,30,34)(H,37,38)/b17-11+. The van der Waals surface area contributed by atoms with Crippen molar-refractivity contribution < 1.29 is 38.9 Å². The van der Waals surface area contributed by atoms with E-state index in [-0.39, 0.29) is 34.8 Å². The molecule has 3 N–H and O–H groups in total. The lowest BCUT2D eigenvalue weighted by atomic mass is 10.0. The van der Waals surface area contributed by atoms with Crippen molar-refractivity contribution in [2.75, 3.05) is 32.3 Å². The number of β-lactam (4-membered cyclic amide) rings is 1. The van der Waals surface area contributed by atoms with Gasteiger partial charge in [0.05, 0.1) is 20.0 Å². The number of aromatic hydroxyl groups is 1. The molecular weight excluding hydrogens is 582 g/mol. The van der Waals surface area contributed by atoms with Crippen molar-refractivity contribution in [1.82, 2.24) is 15.1 Å². The van der Waals surface area contributed by atoms with E-state index >= 15 is 0 Å². The van der Waals surface area contributed by atoms with Crippen molar-refractivity contribution in [2.45, 2.75) is 29.3 Å². The van der Waals surface area contributed by atoms with Gasteiger partial charge in [0.15, 0.2) is 11.5 Å². The van der Waals surface area contributed by atoms with Crippen LogP contribution in [0, 0.1) is 0 Å². The Balaban J connectivity index is 1.23. The van der Waals surface area contributed by atoms with Crippen molar-refractivity contribution in [3.05, 3.63) is 70.9 Å². The number of carboxylic acids is 1. The molecule has 2 aromatic carbocycles. The number of likely N-dealkylation sites (tertiary alicyclic amines) is 1. The highest BCUT2D eigenvalue weighted by Crippen LogP contribution is 2.41. The molecule has 42 heavy (non-hydrogen) atoms. The number of aliphatic carboxylic acids is 1. The number of phenols is 1. The summed E-state index contributed by atoms with van der Waals surface area (Å²) in [6.45, 7) is 0.784. The predicted octanol–water partition coefficient (Wildman–Crippen LogP) is 2.60. The largest absolute Gasteiger partial charge is 0.508 e. The molecule has 0 radical (unpaired) electrons. The van der Waals surface area contributed by atoms with E-state index < -0.39 is 23.3 Å². The molecule has 0 spiro atoms. The molecule has 2 atom stereocenters. The number of carboxylic acid groups (broad SMARTS) is 1. The van der Waals surface area contributed by atoms with Crippen LogP contribution in [0.4, 0.5) is 0 Å². The average Bonchev–Trinajstić information content (AvgIpc) is 3.32. The molecule has 0 aromatic heterocycles. The second-order valence-corrected chi connectivity index (χ2v) is 11.9. The smallest absolute Gasteiger partial charge is 0.352 e. The third-order valence-corrected chi connectivity index (χ3v) is 9.38. The number of hydrogen-bond acceptors (Lipinski definition) is 9. The first-order valence-corrected chi connectivity index (χ1v) is 15.1. The number of phenolic OH excluding ortho intramolecular Hbond substituents is 1. The Morgan fingerprint density at radius 1 is 1.14 bits per heavy atom. The summed E-state index contributed by atoms with van der Waals surface area (Å²) in [6, 6.07) is 11.1. The van der Waals surface area contributed by atoms with Crippen LogP contribution in [0.2, 0.25) is 0 Å². The molecule has 2 fully saturated rings. The minimum atomic E-state index is -1.27. The van der Waals surface area contributed by atoms with Gasteiger partial charge >= 0.3 is 5.97 Å². The second-order valence-electron chi connectivity index (χ2n) is 9.76. The van der Waals surface area contributed by atoms with Crippen LogP contribution >= 0.6 is 23.5 Å². The maximum atomic E-state index is 13.1. The van der Waals surface area contributed by atoms with Gasteiger partial charge < -0.3 is 29.9 Å². The van der Waals surface area contributed by atoms with Gasteiger partial charge in [-0.25, -0.2) is 4.79 Å². The lowest BCUT2D eigenvalue weighted by Gasteiger charge is -2.49. The van der Waals surface area contributed by atoms with E-state index in [9.17, 15) is 29.4 Å². The van der Waals surface area contributed by atoms with Gasteiger partial charge in [-0.2, -0.15) is 0 Å². The molecule has 2 aromatic rings. The van der Waals surface area contributed by atoms with E-state index in [1.807, 2.05) is 6.07 Å². The van der Waals surface area contributed by atoms with Crippen molar-refractivity contribution in [1.29, 1.82) is 0 Å². The Hall–Kier alpha value is -4.10. The summed E-state index contributed by atoms with van der Waals surface area (Å²) < 4.78 is 10.5. The quantitative estimate of drug-likeness (QED) is 0.208. The molecule has 2 saturated heterocycles. The van der Waals surface area contributed by atoms with E-state index in [4.69, 9.17) is 9.47 Å². The summed E-state index contributed by atoms with van der Waals surface area (Å²) in [5, 5.41) is 21.9. The number of ether oxygens (including phenoxy) is 2. The number of allylic oxidation sites excluding steroid dienone is 1. The Morgan fingerprint density at radius 3 is 2.64 bits per heavy atom. The number of methoxy groups -OCH3 is 2. The Morgan fingerprint density at radius 2 is 1.93 bits per heavy atom. The molecule has 3 aliphatic heterocycles. The van der Waals surface area contributed by atoms with Gasteiger partial charge in [0, 0.05) is 29.3 Å². The number of thioether (sulfide) groups is 2. The topological polar surface area (TPSA) is 146 Å². The highest BCUT2D eigenvalue weighted by atomic mass is 32.2. The Kier molecular flexibility index (Phi) is 8.69. The van der Waals surface area contributed by atoms with E-state index in [0.717, 1.165) is 10.5 Å². The van der Waals surface area contributed by atoms with E-state index in [1.54, 1.807) is 47.4 Å². The molecular formula is C29H29N3O8S2. The maximum Gasteiger partial charge on any atom is 0.352 e. The van der Waals surface area contributed by atoms with E-state index in [2.05, 4.69) is 5.32 Å². The molecule has 0 saturated carbocycles. The lowest BCUT2D eigenvalue weighted by molar-refractivity contribution is -0.150. The minimum absolute atomic E-state index is 0.0524. The zero-order valence-corrected chi connectivity index (χ0v) is 24.5. The summed E-state index contributed by atoms with van der Waals surface area (Å²) in [4.78, 5) is 54.7. The Bertz CT molecular complexity index is 1510. The third kappa shape index (κ3) is 5.93. The molecule has 2 unspecified atom stereocenters. The van der Waals surface area contributed by atoms with Crippen LogP contribution in [0.1, 0.15) is 12.0 Å². The van der Waals surface area contributed by atoms with Gasteiger partial charge in [-0.1, -0.05) is 12.1 Å². The normalized spacial score (nSPS) is 20.9. The minimum Gasteiger partial charge on any atom is -0.508 e. The number of rotatable bonds is 10. The van der Waals surface area contributed by atoms with Crippen LogP contribution in [-0.2, 0) is 25.7 Å². The van der Waals surface area contributed by atoms with Crippen LogP contribution < -0.4 is 14.8 Å². The molecule has 5 rings (SSSR count). The van der Waals surface area contributed by atoms with Gasteiger partial charge in [-0.3, -0.25) is 19.3 Å². The molecule has 13 heteroatoms. The molecule has 0 bridgehead atoms. The molecule has 3 aliphatic rings. The summed E-state index contributed by atoms with van der Waals surface area (Å²) in [5.41, 5.74) is 1.47. The van der Waals surface area contributed by atoms with Gasteiger partial charge in [0.25, 0.3) is 5.91 Å². The predicted molar refractivity (Wildman–Crippen MR) is 156 cm³/mol. The number of hydrogen-bond donors (Lipinski definition) is 3. The number of nitrogens with one attached hydrogen (secondary N) is 1. The number of nitrogens with zero attached hydrogens (tertiary/aromatic N) is 2. The van der Waals surface area contributed by atoms with Crippen LogP contribution in [-0.4, -0.2) is 87.4 Å². The summed E-state index contributed by atoms with van der Waals surface area (Å²) >= 11 is 2.61. The molecule has 3 amide bonds. The molecule has 11 nitrogen and oxygen atoms in total. The first kappa shape index (κ1) is 29.4. The number of carbonyl (C=O) groups excluding carboxylic acids is 3. The fourth-order valence-corrected chi connectivity index (χ4v) is 7.10. The highest BCUT2D eigenvalue weighted by Gasteiger charge is 2.54. The van der Waals surface area contributed by atoms with Crippen molar-refractivity contribution >= 4 is 47.2 Å². The zero-order chi connectivity index (χ0) is 30.0. The first-order chi connectivity index (χ1) is 20.2. The van der Waals surface area contributed by atoms with Crippen LogP contribution in [0.25, 0.3) is 0 Å². The number of benzene rings is 2. The van der Waals surface area contributed by atoms with Crippen LogP contribution in [0.5, 0.6) is 17.2 Å². The molecule has 220 valence electrons. The van der Waals surface area contributed by atoms with Gasteiger partial charge in [0.1, 0.15) is 22.9 Å². The highest BCUT2D eigenvalue weighted by molar-refractivity contribution is 8.00. The summed E-state index contributed by atoms with van der Waals surface area (Å²) in [5.74, 6) is -0.798. The first-order valence-electron chi connectivity index (χ1n) is 13.0. The van der Waals surface area contributed by atoms with Gasteiger partial charge in [-0.05, 0) is 54.0 Å². The van der Waals surface area contributed by atoms with Crippen LogP contribution in [0.15, 0.2) is 70.3 Å². The molecule has 0 aliphatic carbocycles. The average molecular weight is 612 g/mol. The van der Waals surface area contributed by atoms with Crippen LogP contribution in [0.3, 0.4) is 0 Å². The maximum absolute atomic E-state index is 13.1. The zero-order valence-electron chi connectivity index (χ0n) is 22.9. The number of fused-ring (bicyclic) bond motifs is 1. The van der Waals surface area contributed by atoms with Gasteiger partial charge in [0.2, 0.25) is 11.8 Å². The van der Waals surface area contributed by atoms with E-state index in [0.29, 0.717) is 42.2 Å². The Labute approximate surface area is 250 Å². The summed E-state index contributed by atoms with van der Waals surface area (Å²) in [7, 11) is 3.06.